The lowest BCUT2D eigenvalue weighted by Crippen LogP contribution is -2.66. The highest BCUT2D eigenvalue weighted by Crippen LogP contribution is 2.28. The van der Waals surface area contributed by atoms with E-state index in [1.807, 2.05) is 0 Å². The first kappa shape index (κ1) is 43.8. The van der Waals surface area contributed by atoms with Crippen molar-refractivity contribution in [3.05, 3.63) is 0 Å². The van der Waals surface area contributed by atoms with E-state index >= 15 is 0 Å². The molecule has 1 aliphatic heterocycles. The minimum absolute atomic E-state index is 0.0201. The van der Waals surface area contributed by atoms with E-state index < -0.39 is 72.3 Å². The first-order valence-corrected chi connectivity index (χ1v) is 17.7. The fraction of sp³-hybridized carbons (Fsp3) is 0.824. The number of esters is 4. The van der Waals surface area contributed by atoms with E-state index in [-0.39, 0.29) is 18.4 Å². The summed E-state index contributed by atoms with van der Waals surface area (Å²) in [6, 6.07) is -0.445. The SMILES string of the molecule is CCCCCCCCCCCCC(COC(=S)N[C@@H]1O[C@H](COC(C)=O)[C@@H](OC(C)=O)[C@H](OC(C)=O)[C@H]1OC(C)=O)NC(=O)OC(C)(C)C. The summed E-state index contributed by atoms with van der Waals surface area (Å²) in [5.41, 5.74) is -0.696. The van der Waals surface area contributed by atoms with Crippen molar-refractivity contribution in [1.82, 2.24) is 10.6 Å². The number of alkyl carbamates (subject to hydrolysis) is 1. The fourth-order valence-corrected chi connectivity index (χ4v) is 5.41. The van der Waals surface area contributed by atoms with Crippen LogP contribution in [0.5, 0.6) is 0 Å². The van der Waals surface area contributed by atoms with Gasteiger partial charge in [0.25, 0.3) is 5.17 Å². The molecule has 1 aliphatic rings. The van der Waals surface area contributed by atoms with Gasteiger partial charge in [0.15, 0.2) is 24.5 Å². The molecule has 1 amide bonds. The number of unbranched alkanes of at least 4 members (excludes halogenated alkanes) is 9. The molecule has 2 N–H and O–H groups in total. The first-order chi connectivity index (χ1) is 23.0. The Bertz CT molecular complexity index is 1070. The molecule has 49 heavy (non-hydrogen) atoms. The van der Waals surface area contributed by atoms with Crippen molar-refractivity contribution in [3.8, 4) is 0 Å². The molecule has 14 nitrogen and oxygen atoms in total. The third kappa shape index (κ3) is 20.2. The van der Waals surface area contributed by atoms with Crippen molar-refractivity contribution < 1.29 is 57.1 Å². The first-order valence-electron chi connectivity index (χ1n) is 17.3. The number of thiocarbonyl (C=S) groups is 1. The number of carbonyl (C=O) groups is 5. The van der Waals surface area contributed by atoms with Crippen molar-refractivity contribution in [3.63, 3.8) is 0 Å². The Morgan fingerprint density at radius 3 is 1.73 bits per heavy atom. The lowest BCUT2D eigenvalue weighted by atomic mass is 9.97. The molecule has 6 atom stereocenters. The van der Waals surface area contributed by atoms with Crippen LogP contribution >= 0.6 is 12.2 Å². The van der Waals surface area contributed by atoms with Gasteiger partial charge < -0.3 is 43.8 Å². The number of carbonyl (C=O) groups excluding carboxylic acids is 5. The molecule has 0 aromatic heterocycles. The highest BCUT2D eigenvalue weighted by atomic mass is 32.1. The molecular formula is C34H58N2O12S. The van der Waals surface area contributed by atoms with Crippen molar-refractivity contribution in [2.75, 3.05) is 13.2 Å². The average molecular weight is 719 g/mol. The molecular weight excluding hydrogens is 660 g/mol. The van der Waals surface area contributed by atoms with E-state index in [1.165, 1.54) is 45.4 Å². The smallest absolute Gasteiger partial charge is 0.407 e. The summed E-state index contributed by atoms with van der Waals surface area (Å²) in [5, 5.41) is 5.49. The average Bonchev–Trinajstić information content (AvgIpc) is 2.97. The molecule has 0 radical (unpaired) electrons. The summed E-state index contributed by atoms with van der Waals surface area (Å²) in [6.45, 7) is 11.7. The van der Waals surface area contributed by atoms with Crippen LogP contribution in [-0.2, 0) is 52.3 Å². The zero-order valence-electron chi connectivity index (χ0n) is 30.5. The van der Waals surface area contributed by atoms with Crippen LogP contribution in [0.1, 0.15) is 126 Å². The van der Waals surface area contributed by atoms with Crippen molar-refractivity contribution in [2.24, 2.45) is 0 Å². The molecule has 0 aliphatic carbocycles. The van der Waals surface area contributed by atoms with Crippen LogP contribution in [0.3, 0.4) is 0 Å². The van der Waals surface area contributed by atoms with E-state index in [0.29, 0.717) is 6.42 Å². The second-order valence-corrected chi connectivity index (χ2v) is 13.5. The number of amides is 1. The van der Waals surface area contributed by atoms with Gasteiger partial charge in [-0.15, -0.1) is 0 Å². The van der Waals surface area contributed by atoms with E-state index in [9.17, 15) is 24.0 Å². The Morgan fingerprint density at radius 2 is 1.22 bits per heavy atom. The van der Waals surface area contributed by atoms with E-state index in [4.69, 9.17) is 45.4 Å². The Balaban J connectivity index is 3.00. The van der Waals surface area contributed by atoms with Crippen LogP contribution < -0.4 is 10.6 Å². The van der Waals surface area contributed by atoms with Gasteiger partial charge in [-0.1, -0.05) is 71.1 Å². The van der Waals surface area contributed by atoms with Crippen LogP contribution in [-0.4, -0.2) is 90.6 Å². The molecule has 1 rings (SSSR count). The minimum atomic E-state index is -1.36. The number of rotatable bonds is 20. The third-order valence-electron chi connectivity index (χ3n) is 7.29. The van der Waals surface area contributed by atoms with Crippen LogP contribution in [0.2, 0.25) is 0 Å². The summed E-state index contributed by atoms with van der Waals surface area (Å²) >= 11 is 5.44. The van der Waals surface area contributed by atoms with E-state index in [1.54, 1.807) is 20.8 Å². The predicted molar refractivity (Wildman–Crippen MR) is 183 cm³/mol. The lowest BCUT2D eigenvalue weighted by Gasteiger charge is -2.44. The molecule has 1 saturated heterocycles. The minimum Gasteiger partial charge on any atom is -0.469 e. The summed E-state index contributed by atoms with van der Waals surface area (Å²) in [5.74, 6) is -2.88. The molecule has 0 spiro atoms. The summed E-state index contributed by atoms with van der Waals surface area (Å²) in [4.78, 5) is 60.4. The Hall–Kier alpha value is -3.20. The maximum absolute atomic E-state index is 12.6. The van der Waals surface area contributed by atoms with Gasteiger partial charge in [-0.2, -0.15) is 0 Å². The molecule has 282 valence electrons. The molecule has 0 bridgehead atoms. The molecule has 15 heteroatoms. The van der Waals surface area contributed by atoms with E-state index in [0.717, 1.165) is 46.5 Å². The topological polar surface area (TPSA) is 174 Å². The summed E-state index contributed by atoms with van der Waals surface area (Å²) < 4.78 is 38.7. The highest BCUT2D eigenvalue weighted by Gasteiger charge is 2.52. The predicted octanol–water partition coefficient (Wildman–Crippen LogP) is 5.16. The molecule has 0 aromatic carbocycles. The summed E-state index contributed by atoms with van der Waals surface area (Å²) in [7, 11) is 0. The van der Waals surface area contributed by atoms with Crippen LogP contribution in [0.25, 0.3) is 0 Å². The third-order valence-corrected chi connectivity index (χ3v) is 7.53. The second kappa shape index (κ2) is 23.2. The van der Waals surface area contributed by atoms with Gasteiger partial charge in [-0.05, 0) is 39.4 Å². The van der Waals surface area contributed by atoms with Gasteiger partial charge >= 0.3 is 30.0 Å². The van der Waals surface area contributed by atoms with Gasteiger partial charge in [-0.25, -0.2) is 4.79 Å². The maximum Gasteiger partial charge on any atom is 0.407 e. The number of ether oxygens (including phenoxy) is 7. The zero-order chi connectivity index (χ0) is 37.0. The molecule has 1 heterocycles. The van der Waals surface area contributed by atoms with E-state index in [2.05, 4.69) is 17.6 Å². The fourth-order valence-electron chi connectivity index (χ4n) is 5.23. The normalized spacial score (nSPS) is 21.0. The standard InChI is InChI=1S/C34H58N2O12S/c1-9-10-11-12-13-14-15-16-17-18-19-26(35-32(41)48-34(6,7)8)20-43-33(49)36-31-30(46-25(5)40)29(45-24(4)39)28(44-23(3)38)27(47-31)21-42-22(2)37/h26-31H,9-21H2,1-8H3,(H,35,41)(H,36,49)/t26?,27-,28-,29+,30-,31-/m1/s1. The molecule has 1 unspecified atom stereocenters. The zero-order valence-corrected chi connectivity index (χ0v) is 31.3. The van der Waals surface area contributed by atoms with Crippen LogP contribution in [0.15, 0.2) is 0 Å². The van der Waals surface area contributed by atoms with Crippen molar-refractivity contribution >= 4 is 47.4 Å². The highest BCUT2D eigenvalue weighted by molar-refractivity contribution is 7.80. The Kier molecular flexibility index (Phi) is 20.8. The van der Waals surface area contributed by atoms with Crippen LogP contribution in [0, 0.1) is 0 Å². The molecule has 0 saturated carbocycles. The number of nitrogens with one attached hydrogen (secondary N) is 2. The maximum atomic E-state index is 12.6. The van der Waals surface area contributed by atoms with Gasteiger partial charge in [-0.3, -0.25) is 19.2 Å². The Morgan fingerprint density at radius 1 is 0.714 bits per heavy atom. The van der Waals surface area contributed by atoms with Crippen molar-refractivity contribution in [1.29, 1.82) is 0 Å². The van der Waals surface area contributed by atoms with Crippen molar-refractivity contribution in [2.45, 2.75) is 168 Å². The lowest BCUT2D eigenvalue weighted by molar-refractivity contribution is -0.255. The largest absolute Gasteiger partial charge is 0.469 e. The quantitative estimate of drug-likeness (QED) is 0.0731. The number of hydrogen-bond acceptors (Lipinski definition) is 13. The van der Waals surface area contributed by atoms with Gasteiger partial charge in [0.05, 0.1) is 6.04 Å². The summed E-state index contributed by atoms with van der Waals surface area (Å²) in [6.07, 6.45) is 5.21. The van der Waals surface area contributed by atoms with Gasteiger partial charge in [0, 0.05) is 27.7 Å². The van der Waals surface area contributed by atoms with Gasteiger partial charge in [0.2, 0.25) is 0 Å². The molecule has 1 fully saturated rings. The Labute approximate surface area is 296 Å². The number of hydrogen-bond donors (Lipinski definition) is 2. The monoisotopic (exact) mass is 718 g/mol. The second-order valence-electron chi connectivity index (χ2n) is 13.2. The van der Waals surface area contributed by atoms with Gasteiger partial charge in [0.1, 0.15) is 24.9 Å². The molecule has 0 aromatic rings. The van der Waals surface area contributed by atoms with Crippen LogP contribution in [0.4, 0.5) is 4.79 Å².